The first-order valence-electron chi connectivity index (χ1n) is 9.79. The fourth-order valence-corrected chi connectivity index (χ4v) is 3.80. The Labute approximate surface area is 167 Å². The van der Waals surface area contributed by atoms with Gasteiger partial charge in [0.05, 0.1) is 12.8 Å². The van der Waals surface area contributed by atoms with Crippen LogP contribution < -0.4 is 9.47 Å². The van der Waals surface area contributed by atoms with Gasteiger partial charge < -0.3 is 18.4 Å². The predicted octanol–water partition coefficient (Wildman–Crippen LogP) is 3.20. The number of carbonyl (C=O) groups excluding carboxylic acids is 1. The molecule has 2 aliphatic rings. The Bertz CT molecular complexity index is 990. The molecule has 0 saturated carbocycles. The van der Waals surface area contributed by atoms with Crippen LogP contribution in [0.1, 0.15) is 29.1 Å². The Kier molecular flexibility index (Phi) is 4.77. The molecule has 1 aromatic carbocycles. The smallest absolute Gasteiger partial charge is 0.241 e. The first-order chi connectivity index (χ1) is 14.3. The molecule has 29 heavy (non-hydrogen) atoms. The molecule has 8 heteroatoms. The lowest BCUT2D eigenvalue weighted by Crippen LogP contribution is -2.36. The van der Waals surface area contributed by atoms with Crippen LogP contribution >= 0.6 is 0 Å². The third-order valence-electron chi connectivity index (χ3n) is 5.35. The first-order valence-corrected chi connectivity index (χ1v) is 9.79. The maximum absolute atomic E-state index is 12.9. The highest BCUT2D eigenvalue weighted by molar-refractivity contribution is 5.98. The van der Waals surface area contributed by atoms with Gasteiger partial charge in [0, 0.05) is 11.5 Å². The van der Waals surface area contributed by atoms with Gasteiger partial charge in [-0.2, -0.15) is 4.98 Å². The summed E-state index contributed by atoms with van der Waals surface area (Å²) in [5.74, 6) is 3.12. The zero-order valence-corrected chi connectivity index (χ0v) is 15.9. The molecular formula is C21H21N3O5. The number of furan rings is 1. The molecule has 0 atom stereocenters. The van der Waals surface area contributed by atoms with Gasteiger partial charge >= 0.3 is 0 Å². The SMILES string of the molecule is O=C(c1ccc2c(c1)OCCO2)C1CCN(Cc2nc(-c3ccco3)no2)CC1. The van der Waals surface area contributed by atoms with Gasteiger partial charge in [0.1, 0.15) is 13.2 Å². The Balaban J connectivity index is 1.18. The number of rotatable bonds is 5. The lowest BCUT2D eigenvalue weighted by atomic mass is 9.88. The van der Waals surface area contributed by atoms with Gasteiger partial charge in [-0.3, -0.25) is 9.69 Å². The molecule has 4 heterocycles. The van der Waals surface area contributed by atoms with E-state index in [1.54, 1.807) is 24.5 Å². The minimum atomic E-state index is 0.00942. The molecule has 0 unspecified atom stereocenters. The van der Waals surface area contributed by atoms with Crippen LogP contribution in [0.15, 0.2) is 45.5 Å². The van der Waals surface area contributed by atoms with E-state index >= 15 is 0 Å². The minimum Gasteiger partial charge on any atom is -0.486 e. The van der Waals surface area contributed by atoms with Crippen LogP contribution in [0.2, 0.25) is 0 Å². The van der Waals surface area contributed by atoms with E-state index in [4.69, 9.17) is 18.4 Å². The van der Waals surface area contributed by atoms with Crippen molar-refractivity contribution in [2.45, 2.75) is 19.4 Å². The number of ether oxygens (including phenoxy) is 2. The molecule has 1 fully saturated rings. The molecule has 2 aromatic heterocycles. The second kappa shape index (κ2) is 7.71. The van der Waals surface area contributed by atoms with Crippen LogP contribution in [0.4, 0.5) is 0 Å². The highest BCUT2D eigenvalue weighted by atomic mass is 16.6. The van der Waals surface area contributed by atoms with Crippen molar-refractivity contribution >= 4 is 5.78 Å². The van der Waals surface area contributed by atoms with Gasteiger partial charge in [-0.15, -0.1) is 0 Å². The predicted molar refractivity (Wildman–Crippen MR) is 102 cm³/mol. The van der Waals surface area contributed by atoms with Crippen LogP contribution in [0.3, 0.4) is 0 Å². The average Bonchev–Trinajstić information content (AvgIpc) is 3.45. The van der Waals surface area contributed by atoms with Gasteiger partial charge in [0.25, 0.3) is 0 Å². The minimum absolute atomic E-state index is 0.00942. The zero-order chi connectivity index (χ0) is 19.6. The summed E-state index contributed by atoms with van der Waals surface area (Å²) in [5, 5.41) is 3.96. The van der Waals surface area contributed by atoms with Crippen molar-refractivity contribution in [2.75, 3.05) is 26.3 Å². The highest BCUT2D eigenvalue weighted by Gasteiger charge is 2.27. The number of hydrogen-bond acceptors (Lipinski definition) is 8. The lowest BCUT2D eigenvalue weighted by Gasteiger charge is -2.30. The topological polar surface area (TPSA) is 90.8 Å². The van der Waals surface area contributed by atoms with E-state index in [1.807, 2.05) is 12.1 Å². The Morgan fingerprint density at radius 1 is 1.10 bits per heavy atom. The number of fused-ring (bicyclic) bond motifs is 1. The molecule has 0 spiro atoms. The number of Topliss-reactive ketones (excluding diaryl/α,β-unsaturated/α-hetero) is 1. The molecule has 5 rings (SSSR count). The van der Waals surface area contributed by atoms with Crippen molar-refractivity contribution in [3.63, 3.8) is 0 Å². The summed E-state index contributed by atoms with van der Waals surface area (Å²) in [7, 11) is 0. The summed E-state index contributed by atoms with van der Waals surface area (Å²) in [6, 6.07) is 9.04. The summed E-state index contributed by atoms with van der Waals surface area (Å²) >= 11 is 0. The fraction of sp³-hybridized carbons (Fsp3) is 0.381. The van der Waals surface area contributed by atoms with Crippen molar-refractivity contribution in [3.8, 4) is 23.1 Å². The normalized spacial score (nSPS) is 17.4. The van der Waals surface area contributed by atoms with Gasteiger partial charge in [0.15, 0.2) is 23.0 Å². The van der Waals surface area contributed by atoms with E-state index in [2.05, 4.69) is 15.0 Å². The molecule has 2 aliphatic heterocycles. The van der Waals surface area contributed by atoms with E-state index in [0.29, 0.717) is 54.3 Å². The molecule has 0 N–H and O–H groups in total. The second-order valence-corrected chi connectivity index (χ2v) is 7.26. The maximum Gasteiger partial charge on any atom is 0.241 e. The number of likely N-dealkylation sites (tertiary alicyclic amines) is 1. The molecule has 3 aromatic rings. The molecule has 8 nitrogen and oxygen atoms in total. The van der Waals surface area contributed by atoms with Crippen molar-refractivity contribution in [1.29, 1.82) is 0 Å². The number of hydrogen-bond donors (Lipinski definition) is 0. The number of nitrogens with zero attached hydrogens (tertiary/aromatic N) is 3. The highest BCUT2D eigenvalue weighted by Crippen LogP contribution is 2.32. The summed E-state index contributed by atoms with van der Waals surface area (Å²) in [5.41, 5.74) is 0.688. The number of benzene rings is 1. The number of carbonyl (C=O) groups is 1. The summed E-state index contributed by atoms with van der Waals surface area (Å²) < 4.78 is 21.7. The first kappa shape index (κ1) is 17.9. The molecule has 0 bridgehead atoms. The van der Waals surface area contributed by atoms with E-state index in [0.717, 1.165) is 25.9 Å². The average molecular weight is 395 g/mol. The van der Waals surface area contributed by atoms with Crippen LogP contribution in [0.25, 0.3) is 11.6 Å². The summed E-state index contributed by atoms with van der Waals surface area (Å²) in [4.78, 5) is 19.5. The third-order valence-corrected chi connectivity index (χ3v) is 5.35. The molecule has 0 amide bonds. The molecule has 0 radical (unpaired) electrons. The Morgan fingerprint density at radius 3 is 2.72 bits per heavy atom. The van der Waals surface area contributed by atoms with E-state index in [9.17, 15) is 4.79 Å². The summed E-state index contributed by atoms with van der Waals surface area (Å²) in [6.45, 7) is 3.24. The zero-order valence-electron chi connectivity index (χ0n) is 15.9. The lowest BCUT2D eigenvalue weighted by molar-refractivity contribution is 0.0824. The third kappa shape index (κ3) is 3.75. The van der Waals surface area contributed by atoms with Gasteiger partial charge in [0.2, 0.25) is 11.7 Å². The van der Waals surface area contributed by atoms with E-state index in [-0.39, 0.29) is 11.7 Å². The van der Waals surface area contributed by atoms with Crippen LogP contribution in [-0.2, 0) is 6.54 Å². The molecular weight excluding hydrogens is 374 g/mol. The van der Waals surface area contributed by atoms with Gasteiger partial charge in [-0.1, -0.05) is 5.16 Å². The van der Waals surface area contributed by atoms with Crippen LogP contribution in [-0.4, -0.2) is 47.1 Å². The van der Waals surface area contributed by atoms with Crippen molar-refractivity contribution in [3.05, 3.63) is 48.0 Å². The maximum atomic E-state index is 12.9. The van der Waals surface area contributed by atoms with E-state index < -0.39 is 0 Å². The standard InChI is InChI=1S/C21H21N3O5/c25-20(15-3-4-16-18(12-15)28-11-10-27-16)14-5-7-24(8-6-14)13-19-22-21(23-29-19)17-2-1-9-26-17/h1-4,9,12,14H,5-8,10-11,13H2. The molecule has 0 aliphatic carbocycles. The number of ketones is 1. The number of piperidine rings is 1. The van der Waals surface area contributed by atoms with Crippen LogP contribution in [0.5, 0.6) is 11.5 Å². The van der Waals surface area contributed by atoms with Gasteiger partial charge in [-0.25, -0.2) is 0 Å². The Morgan fingerprint density at radius 2 is 1.93 bits per heavy atom. The van der Waals surface area contributed by atoms with Crippen LogP contribution in [0, 0.1) is 5.92 Å². The summed E-state index contributed by atoms with van der Waals surface area (Å²) in [6.07, 6.45) is 3.17. The van der Waals surface area contributed by atoms with Crippen molar-refractivity contribution in [2.24, 2.45) is 5.92 Å². The largest absolute Gasteiger partial charge is 0.486 e. The monoisotopic (exact) mass is 395 g/mol. The Hall–Kier alpha value is -3.13. The quantitative estimate of drug-likeness (QED) is 0.609. The van der Waals surface area contributed by atoms with Crippen molar-refractivity contribution in [1.82, 2.24) is 15.0 Å². The molecule has 150 valence electrons. The second-order valence-electron chi connectivity index (χ2n) is 7.26. The van der Waals surface area contributed by atoms with E-state index in [1.165, 1.54) is 0 Å². The van der Waals surface area contributed by atoms with Gasteiger partial charge in [-0.05, 0) is 56.3 Å². The number of aromatic nitrogens is 2. The van der Waals surface area contributed by atoms with Crippen molar-refractivity contribution < 1.29 is 23.2 Å². The molecule has 1 saturated heterocycles. The fourth-order valence-electron chi connectivity index (χ4n) is 3.80.